The minimum atomic E-state index is -4.17. The molecule has 37 heavy (non-hydrogen) atoms. The number of hydrazone groups is 1. The third-order valence-electron chi connectivity index (χ3n) is 5.65. The molecule has 0 saturated carbocycles. The van der Waals surface area contributed by atoms with Crippen molar-refractivity contribution in [2.75, 3.05) is 13.1 Å². The largest absolute Gasteiger partial charge is 0.507 e. The summed E-state index contributed by atoms with van der Waals surface area (Å²) in [6, 6.07) is 24.2. The van der Waals surface area contributed by atoms with E-state index in [-0.39, 0.29) is 27.2 Å². The lowest BCUT2D eigenvalue weighted by atomic mass is 10.0. The Morgan fingerprint density at radius 3 is 2.49 bits per heavy atom. The summed E-state index contributed by atoms with van der Waals surface area (Å²) in [4.78, 5) is 12.6. The Morgan fingerprint density at radius 1 is 0.973 bits per heavy atom. The van der Waals surface area contributed by atoms with Crippen LogP contribution in [0.4, 0.5) is 0 Å². The van der Waals surface area contributed by atoms with Gasteiger partial charge in [-0.25, -0.2) is 13.8 Å². The summed E-state index contributed by atoms with van der Waals surface area (Å²) >= 11 is 12.2. The third kappa shape index (κ3) is 6.47. The molecule has 0 saturated heterocycles. The van der Waals surface area contributed by atoms with E-state index >= 15 is 0 Å². The zero-order valence-corrected chi connectivity index (χ0v) is 21.8. The molecule has 7 nitrogen and oxygen atoms in total. The molecule has 0 heterocycles. The molecule has 0 aliphatic carbocycles. The average Bonchev–Trinajstić information content (AvgIpc) is 2.89. The average molecular weight is 556 g/mol. The number of rotatable bonds is 9. The van der Waals surface area contributed by atoms with E-state index in [0.29, 0.717) is 12.0 Å². The Bertz CT molecular complexity index is 1560. The first kappa shape index (κ1) is 26.6. The SMILES string of the molecule is O=C(CN(CCc1ccccc1)S(=O)(=O)c1cc(Cl)ccc1Cl)N/N=C\c1c(O)ccc2ccccc12. The second kappa shape index (κ2) is 11.7. The molecule has 1 amide bonds. The standard InChI is InChI=1S/C27H23Cl2N3O4S/c28-21-11-12-24(29)26(16-21)37(35,36)32(15-14-19-6-2-1-3-7-19)18-27(34)31-30-17-23-22-9-5-4-8-20(22)10-13-25(23)33/h1-13,16-17,33H,14-15,18H2,(H,31,34)/b30-17-. The normalized spacial score (nSPS) is 11.9. The van der Waals surface area contributed by atoms with Crippen LogP contribution >= 0.6 is 23.2 Å². The van der Waals surface area contributed by atoms with Gasteiger partial charge in [0.25, 0.3) is 5.91 Å². The lowest BCUT2D eigenvalue weighted by molar-refractivity contribution is -0.121. The van der Waals surface area contributed by atoms with Crippen LogP contribution in [0.3, 0.4) is 0 Å². The summed E-state index contributed by atoms with van der Waals surface area (Å²) < 4.78 is 28.0. The highest BCUT2D eigenvalue weighted by Gasteiger charge is 2.29. The molecule has 0 aliphatic rings. The van der Waals surface area contributed by atoms with Gasteiger partial charge >= 0.3 is 0 Å². The lowest BCUT2D eigenvalue weighted by Crippen LogP contribution is -2.40. The first-order chi connectivity index (χ1) is 17.8. The van der Waals surface area contributed by atoms with Crippen molar-refractivity contribution in [2.24, 2.45) is 5.10 Å². The van der Waals surface area contributed by atoms with E-state index in [0.717, 1.165) is 20.6 Å². The smallest absolute Gasteiger partial charge is 0.255 e. The number of phenols is 1. The summed E-state index contributed by atoms with van der Waals surface area (Å²) in [7, 11) is -4.17. The molecule has 4 aromatic carbocycles. The molecule has 0 aliphatic heterocycles. The predicted molar refractivity (Wildman–Crippen MR) is 147 cm³/mol. The van der Waals surface area contributed by atoms with Crippen LogP contribution in [0.15, 0.2) is 94.9 Å². The molecule has 4 rings (SSSR count). The zero-order chi connectivity index (χ0) is 26.4. The van der Waals surface area contributed by atoms with Gasteiger partial charge in [-0.05, 0) is 47.0 Å². The second-order valence-electron chi connectivity index (χ2n) is 8.16. The van der Waals surface area contributed by atoms with Crippen molar-refractivity contribution < 1.29 is 18.3 Å². The monoisotopic (exact) mass is 555 g/mol. The zero-order valence-electron chi connectivity index (χ0n) is 19.5. The van der Waals surface area contributed by atoms with Crippen molar-refractivity contribution in [3.05, 3.63) is 106 Å². The van der Waals surface area contributed by atoms with Gasteiger partial charge in [0.15, 0.2) is 0 Å². The lowest BCUT2D eigenvalue weighted by Gasteiger charge is -2.22. The minimum Gasteiger partial charge on any atom is -0.507 e. The highest BCUT2D eigenvalue weighted by molar-refractivity contribution is 7.89. The van der Waals surface area contributed by atoms with Gasteiger partial charge < -0.3 is 5.11 Å². The second-order valence-corrected chi connectivity index (χ2v) is 10.9. The maximum Gasteiger partial charge on any atom is 0.255 e. The number of hydrogen-bond donors (Lipinski definition) is 2. The number of amides is 1. The summed E-state index contributed by atoms with van der Waals surface area (Å²) in [6.07, 6.45) is 1.70. The van der Waals surface area contributed by atoms with Crippen LogP contribution in [0.2, 0.25) is 10.0 Å². The molecule has 0 aromatic heterocycles. The van der Waals surface area contributed by atoms with Gasteiger partial charge in [0.1, 0.15) is 10.6 Å². The summed E-state index contributed by atoms with van der Waals surface area (Å²) in [5.41, 5.74) is 3.69. The number of aromatic hydroxyl groups is 1. The molecule has 4 aromatic rings. The van der Waals surface area contributed by atoms with Crippen LogP contribution in [0.5, 0.6) is 5.75 Å². The number of carbonyl (C=O) groups excluding carboxylic acids is 1. The summed E-state index contributed by atoms with van der Waals surface area (Å²) in [5.74, 6) is -0.662. The maximum atomic E-state index is 13.5. The molecule has 0 unspecified atom stereocenters. The number of hydrogen-bond acceptors (Lipinski definition) is 5. The van der Waals surface area contributed by atoms with Crippen LogP contribution in [0, 0.1) is 0 Å². The van der Waals surface area contributed by atoms with Gasteiger partial charge in [-0.1, -0.05) is 83.9 Å². The van der Waals surface area contributed by atoms with E-state index < -0.39 is 22.5 Å². The van der Waals surface area contributed by atoms with Crippen molar-refractivity contribution in [1.82, 2.24) is 9.73 Å². The Labute approximate surface area is 225 Å². The van der Waals surface area contributed by atoms with E-state index in [4.69, 9.17) is 23.2 Å². The number of nitrogens with one attached hydrogen (secondary N) is 1. The molecule has 0 bridgehead atoms. The summed E-state index contributed by atoms with van der Waals surface area (Å²) in [5, 5.41) is 16.1. The number of halogens is 2. The molecule has 10 heteroatoms. The van der Waals surface area contributed by atoms with E-state index in [2.05, 4.69) is 10.5 Å². The quantitative estimate of drug-likeness (QED) is 0.218. The van der Waals surface area contributed by atoms with Crippen LogP contribution in [-0.4, -0.2) is 43.0 Å². The van der Waals surface area contributed by atoms with Gasteiger partial charge in [-0.2, -0.15) is 9.41 Å². The predicted octanol–water partition coefficient (Wildman–Crippen LogP) is 5.24. The topological polar surface area (TPSA) is 99.1 Å². The van der Waals surface area contributed by atoms with Crippen LogP contribution < -0.4 is 5.43 Å². The Morgan fingerprint density at radius 2 is 1.70 bits per heavy atom. The fraction of sp³-hybridized carbons (Fsp3) is 0.111. The van der Waals surface area contributed by atoms with Gasteiger partial charge in [0.05, 0.1) is 17.8 Å². The van der Waals surface area contributed by atoms with Crippen molar-refractivity contribution >= 4 is 56.1 Å². The van der Waals surface area contributed by atoms with Crippen LogP contribution in [-0.2, 0) is 21.2 Å². The van der Waals surface area contributed by atoms with E-state index in [1.54, 1.807) is 6.07 Å². The number of benzene rings is 4. The number of fused-ring (bicyclic) bond motifs is 1. The number of sulfonamides is 1. The third-order valence-corrected chi connectivity index (χ3v) is 8.22. The number of phenolic OH excluding ortho intramolecular Hbond substituents is 1. The summed E-state index contributed by atoms with van der Waals surface area (Å²) in [6.45, 7) is -0.479. The van der Waals surface area contributed by atoms with Crippen molar-refractivity contribution in [1.29, 1.82) is 0 Å². The Hall–Kier alpha value is -3.43. The molecule has 190 valence electrons. The number of nitrogens with zero attached hydrogens (tertiary/aromatic N) is 2. The Balaban J connectivity index is 1.55. The van der Waals surface area contributed by atoms with Gasteiger partial charge in [0, 0.05) is 17.1 Å². The molecule has 0 radical (unpaired) electrons. The van der Waals surface area contributed by atoms with Gasteiger partial charge in [0.2, 0.25) is 10.0 Å². The molecule has 0 fully saturated rings. The molecule has 0 spiro atoms. The van der Waals surface area contributed by atoms with Crippen LogP contribution in [0.1, 0.15) is 11.1 Å². The van der Waals surface area contributed by atoms with Gasteiger partial charge in [-0.15, -0.1) is 0 Å². The Kier molecular flexibility index (Phi) is 8.45. The number of carbonyl (C=O) groups is 1. The van der Waals surface area contributed by atoms with E-state index in [1.807, 2.05) is 54.6 Å². The fourth-order valence-corrected chi connectivity index (χ4v) is 5.92. The fourth-order valence-electron chi connectivity index (χ4n) is 3.78. The molecule has 0 atom stereocenters. The molecular weight excluding hydrogens is 533 g/mol. The van der Waals surface area contributed by atoms with Gasteiger partial charge in [-0.3, -0.25) is 4.79 Å². The molecular formula is C27H23Cl2N3O4S. The first-order valence-electron chi connectivity index (χ1n) is 11.3. The van der Waals surface area contributed by atoms with Crippen LogP contribution in [0.25, 0.3) is 10.8 Å². The highest BCUT2D eigenvalue weighted by Crippen LogP contribution is 2.28. The maximum absolute atomic E-state index is 13.5. The first-order valence-corrected chi connectivity index (χ1v) is 13.5. The van der Waals surface area contributed by atoms with Crippen molar-refractivity contribution in [3.8, 4) is 5.75 Å². The van der Waals surface area contributed by atoms with E-state index in [1.165, 1.54) is 30.5 Å². The molecule has 2 N–H and O–H groups in total. The van der Waals surface area contributed by atoms with Crippen molar-refractivity contribution in [3.63, 3.8) is 0 Å². The highest BCUT2D eigenvalue weighted by atomic mass is 35.5. The van der Waals surface area contributed by atoms with E-state index in [9.17, 15) is 18.3 Å². The van der Waals surface area contributed by atoms with Crippen molar-refractivity contribution in [2.45, 2.75) is 11.3 Å². The minimum absolute atomic E-state index is 0.000590.